The molecule has 0 heterocycles. The molecule has 0 unspecified atom stereocenters. The second-order valence-corrected chi connectivity index (χ2v) is 7.75. The molecule has 1 fully saturated rings. The summed E-state index contributed by atoms with van der Waals surface area (Å²) in [7, 11) is 0. The van der Waals surface area contributed by atoms with Crippen LogP contribution in [0.3, 0.4) is 0 Å². The molecule has 0 aromatic rings. The van der Waals surface area contributed by atoms with Crippen molar-refractivity contribution in [3.63, 3.8) is 0 Å². The smallest absolute Gasteiger partial charge is 0.303 e. The number of unbranched alkanes of at least 4 members (excludes halogenated alkanes) is 3. The summed E-state index contributed by atoms with van der Waals surface area (Å²) in [5, 5.41) is 40.9. The number of hydrogen-bond acceptors (Lipinski definition) is 5. The molecule has 0 aliphatic heterocycles. The molecule has 4 atom stereocenters. The number of carboxylic acids is 1. The fourth-order valence-corrected chi connectivity index (χ4v) is 3.30. The first-order valence-corrected chi connectivity index (χ1v) is 10.4. The van der Waals surface area contributed by atoms with Crippen LogP contribution in [-0.4, -0.2) is 43.9 Å². The second kappa shape index (κ2) is 14.4. The van der Waals surface area contributed by atoms with E-state index in [1.165, 1.54) is 0 Å². The molecule has 4 N–H and O–H groups in total. The summed E-state index contributed by atoms with van der Waals surface area (Å²) >= 11 is 0. The van der Waals surface area contributed by atoms with E-state index in [0.29, 0.717) is 31.4 Å². The number of aliphatic hydroxyl groups excluding tert-OH is 1. The van der Waals surface area contributed by atoms with E-state index in [0.717, 1.165) is 32.1 Å². The van der Waals surface area contributed by atoms with Crippen molar-refractivity contribution in [3.8, 4) is 0 Å². The predicted octanol–water partition coefficient (Wildman–Crippen LogP) is 4.54. The summed E-state index contributed by atoms with van der Waals surface area (Å²) in [5.41, 5.74) is -0.280. The maximum Gasteiger partial charge on any atom is 0.303 e. The lowest BCUT2D eigenvalue weighted by molar-refractivity contribution is -0.137. The standard InChI is InChI=1S/C17H29NO3.C5H10O2/c1-4-6-7-10-17(3,20)11-9-13-14(8-5-2)16(19)12-15(13)18-21;1-2-3-4-5(6)7/h5,9,11,13-14,16,19-21H,2,4,6-8,10,12H2,1,3H3;2-4H2,1H3,(H,6,7)/b11-9+,18-15-;/t13-,14-,16+,17+;/m1./s1. The lowest BCUT2D eigenvalue weighted by atomic mass is 9.88. The molecule has 6 heteroatoms. The minimum atomic E-state index is -0.859. The molecule has 0 aromatic heterocycles. The van der Waals surface area contributed by atoms with Crippen LogP contribution in [0.4, 0.5) is 0 Å². The third kappa shape index (κ3) is 10.6. The number of aliphatic carboxylic acids is 1. The van der Waals surface area contributed by atoms with Crippen LogP contribution in [0.1, 0.15) is 78.6 Å². The Balaban J connectivity index is 0.000000887. The van der Waals surface area contributed by atoms with Crippen molar-refractivity contribution in [1.82, 2.24) is 0 Å². The van der Waals surface area contributed by atoms with E-state index in [2.05, 4.69) is 18.7 Å². The SMILES string of the molecule is C=CC[C@H]1[C@@H](O)C/C(=N/O)[C@@H]1/C=C/[C@@](C)(O)CCCCC.CCCCC(=O)O. The van der Waals surface area contributed by atoms with Crippen LogP contribution in [-0.2, 0) is 4.79 Å². The zero-order chi connectivity index (χ0) is 21.6. The van der Waals surface area contributed by atoms with Gasteiger partial charge in [0.25, 0.3) is 0 Å². The molecule has 0 amide bonds. The molecular formula is C22H39NO5. The Bertz CT molecular complexity index is 513. The molecule has 1 rings (SSSR count). The normalized spacial score (nSPS) is 25.3. The number of nitrogens with zero attached hydrogens (tertiary/aromatic N) is 1. The number of oxime groups is 1. The summed E-state index contributed by atoms with van der Waals surface area (Å²) in [4.78, 5) is 9.76. The molecular weight excluding hydrogens is 358 g/mol. The van der Waals surface area contributed by atoms with Crippen molar-refractivity contribution in [2.24, 2.45) is 17.0 Å². The minimum absolute atomic E-state index is 0.0314. The molecule has 0 radical (unpaired) electrons. The van der Waals surface area contributed by atoms with Crippen molar-refractivity contribution in [2.75, 3.05) is 0 Å². The van der Waals surface area contributed by atoms with Crippen LogP contribution in [0.5, 0.6) is 0 Å². The number of allylic oxidation sites excluding steroid dienone is 2. The van der Waals surface area contributed by atoms with Gasteiger partial charge in [-0.15, -0.1) is 6.58 Å². The highest BCUT2D eigenvalue weighted by Gasteiger charge is 2.38. The number of carboxylic acid groups (broad SMARTS) is 1. The molecule has 0 aromatic carbocycles. The third-order valence-corrected chi connectivity index (χ3v) is 5.02. The first-order chi connectivity index (χ1) is 13.2. The summed E-state index contributed by atoms with van der Waals surface area (Å²) in [5.74, 6) is -0.862. The first-order valence-electron chi connectivity index (χ1n) is 10.4. The largest absolute Gasteiger partial charge is 0.481 e. The van der Waals surface area contributed by atoms with E-state index in [-0.39, 0.29) is 11.8 Å². The molecule has 28 heavy (non-hydrogen) atoms. The van der Waals surface area contributed by atoms with Gasteiger partial charge in [0, 0.05) is 24.7 Å². The van der Waals surface area contributed by atoms with Crippen LogP contribution in [0.25, 0.3) is 0 Å². The highest BCUT2D eigenvalue weighted by molar-refractivity contribution is 5.90. The summed E-state index contributed by atoms with van der Waals surface area (Å²) in [6, 6.07) is 0. The molecule has 0 bridgehead atoms. The van der Waals surface area contributed by atoms with Gasteiger partial charge < -0.3 is 20.5 Å². The van der Waals surface area contributed by atoms with Gasteiger partial charge in [-0.3, -0.25) is 4.79 Å². The molecule has 6 nitrogen and oxygen atoms in total. The predicted molar refractivity (Wildman–Crippen MR) is 113 cm³/mol. The van der Waals surface area contributed by atoms with Gasteiger partial charge >= 0.3 is 5.97 Å². The van der Waals surface area contributed by atoms with Gasteiger partial charge in [0.05, 0.1) is 17.4 Å². The Morgan fingerprint density at radius 3 is 2.39 bits per heavy atom. The zero-order valence-corrected chi connectivity index (χ0v) is 17.7. The Labute approximate surface area is 169 Å². The van der Waals surface area contributed by atoms with Crippen LogP contribution in [0, 0.1) is 11.8 Å². The van der Waals surface area contributed by atoms with Gasteiger partial charge in [-0.25, -0.2) is 0 Å². The van der Waals surface area contributed by atoms with Gasteiger partial charge in [-0.2, -0.15) is 0 Å². The summed E-state index contributed by atoms with van der Waals surface area (Å²) < 4.78 is 0. The fraction of sp³-hybridized carbons (Fsp3) is 0.727. The molecule has 1 saturated carbocycles. The number of rotatable bonds is 11. The van der Waals surface area contributed by atoms with Crippen molar-refractivity contribution in [2.45, 2.75) is 90.3 Å². The van der Waals surface area contributed by atoms with Gasteiger partial charge in [-0.1, -0.05) is 62.9 Å². The highest BCUT2D eigenvalue weighted by Crippen LogP contribution is 2.34. The van der Waals surface area contributed by atoms with E-state index < -0.39 is 17.7 Å². The molecule has 162 valence electrons. The summed E-state index contributed by atoms with van der Waals surface area (Å²) in [6.07, 6.45) is 12.0. The van der Waals surface area contributed by atoms with Crippen LogP contribution in [0.15, 0.2) is 30.0 Å². The first kappa shape index (κ1) is 26.3. The van der Waals surface area contributed by atoms with E-state index in [9.17, 15) is 15.0 Å². The lowest BCUT2D eigenvalue weighted by Crippen LogP contribution is -2.23. The van der Waals surface area contributed by atoms with Gasteiger partial charge in [0.1, 0.15) is 0 Å². The number of hydrogen-bond donors (Lipinski definition) is 4. The Hall–Kier alpha value is -1.66. The Morgan fingerprint density at radius 1 is 1.29 bits per heavy atom. The van der Waals surface area contributed by atoms with Gasteiger partial charge in [0.2, 0.25) is 0 Å². The molecule has 0 saturated heterocycles. The van der Waals surface area contributed by atoms with Crippen molar-refractivity contribution >= 4 is 11.7 Å². The van der Waals surface area contributed by atoms with E-state index in [1.807, 2.05) is 13.0 Å². The zero-order valence-electron chi connectivity index (χ0n) is 17.7. The van der Waals surface area contributed by atoms with Crippen LogP contribution >= 0.6 is 0 Å². The second-order valence-electron chi connectivity index (χ2n) is 7.75. The third-order valence-electron chi connectivity index (χ3n) is 5.02. The molecule has 1 aliphatic carbocycles. The van der Waals surface area contributed by atoms with E-state index >= 15 is 0 Å². The van der Waals surface area contributed by atoms with Crippen molar-refractivity contribution in [3.05, 3.63) is 24.8 Å². The van der Waals surface area contributed by atoms with E-state index in [4.69, 9.17) is 10.3 Å². The minimum Gasteiger partial charge on any atom is -0.481 e. The fourth-order valence-electron chi connectivity index (χ4n) is 3.30. The van der Waals surface area contributed by atoms with Gasteiger partial charge in [-0.05, 0) is 26.2 Å². The van der Waals surface area contributed by atoms with Crippen LogP contribution < -0.4 is 0 Å². The van der Waals surface area contributed by atoms with Crippen molar-refractivity contribution < 1.29 is 25.3 Å². The van der Waals surface area contributed by atoms with Gasteiger partial charge in [0.15, 0.2) is 0 Å². The molecule has 0 spiro atoms. The highest BCUT2D eigenvalue weighted by atomic mass is 16.4. The van der Waals surface area contributed by atoms with Crippen molar-refractivity contribution in [1.29, 1.82) is 0 Å². The Kier molecular flexibility index (Phi) is 13.5. The molecule has 1 aliphatic rings. The maximum atomic E-state index is 10.4. The monoisotopic (exact) mass is 397 g/mol. The Morgan fingerprint density at radius 2 is 1.93 bits per heavy atom. The topological polar surface area (TPSA) is 110 Å². The van der Waals surface area contributed by atoms with E-state index in [1.54, 1.807) is 19.1 Å². The maximum absolute atomic E-state index is 10.4. The average molecular weight is 398 g/mol. The summed E-state index contributed by atoms with van der Waals surface area (Å²) in [6.45, 7) is 9.62. The van der Waals surface area contributed by atoms with Crippen LogP contribution in [0.2, 0.25) is 0 Å². The lowest BCUT2D eigenvalue weighted by Gasteiger charge is -2.21. The average Bonchev–Trinajstić information content (AvgIpc) is 2.94. The number of carbonyl (C=O) groups is 1. The number of aliphatic hydroxyl groups is 2. The quantitative estimate of drug-likeness (QED) is 0.177.